The van der Waals surface area contributed by atoms with Gasteiger partial charge in [0.2, 0.25) is 0 Å². The molecule has 1 aromatic carbocycles. The maximum atomic E-state index is 11.8. The lowest BCUT2D eigenvalue weighted by Crippen LogP contribution is -2.21. The minimum Gasteiger partial charge on any atom is -0.465 e. The average molecular weight is 296 g/mol. The van der Waals surface area contributed by atoms with Crippen molar-refractivity contribution in [2.75, 3.05) is 19.0 Å². The maximum Gasteiger partial charge on any atom is 0.340 e. The molecule has 0 amide bonds. The zero-order valence-corrected chi connectivity index (χ0v) is 12.9. The second-order valence-corrected chi connectivity index (χ2v) is 6.14. The van der Waals surface area contributed by atoms with Gasteiger partial charge in [-0.2, -0.15) is 0 Å². The molecule has 0 radical (unpaired) electrons. The fourth-order valence-corrected chi connectivity index (χ4v) is 3.12. The van der Waals surface area contributed by atoms with Crippen molar-refractivity contribution >= 4 is 23.3 Å². The lowest BCUT2D eigenvalue weighted by molar-refractivity contribution is 0.0602. The number of benzene rings is 1. The topological polar surface area (TPSA) is 38.3 Å². The molecular formula is C16H22ClNO2. The molecule has 0 spiro atoms. The zero-order valence-electron chi connectivity index (χ0n) is 12.1. The molecule has 0 aliphatic heterocycles. The summed E-state index contributed by atoms with van der Waals surface area (Å²) in [5.41, 5.74) is 1.31. The number of hydrogen-bond acceptors (Lipinski definition) is 3. The Kier molecular flexibility index (Phi) is 5.30. The first-order valence-electron chi connectivity index (χ1n) is 7.22. The van der Waals surface area contributed by atoms with Gasteiger partial charge in [-0.3, -0.25) is 0 Å². The molecule has 0 saturated heterocycles. The number of halogens is 1. The molecule has 0 bridgehead atoms. The lowest BCUT2D eigenvalue weighted by Gasteiger charge is -2.27. The average Bonchev–Trinajstić information content (AvgIpc) is 2.45. The van der Waals surface area contributed by atoms with Crippen LogP contribution in [0.3, 0.4) is 0 Å². The van der Waals surface area contributed by atoms with Crippen LogP contribution in [0.4, 0.5) is 5.69 Å². The third-order valence-corrected chi connectivity index (χ3v) is 4.25. The van der Waals surface area contributed by atoms with Crippen LogP contribution in [0.5, 0.6) is 0 Å². The third kappa shape index (κ3) is 3.89. The van der Waals surface area contributed by atoms with E-state index >= 15 is 0 Å². The quantitative estimate of drug-likeness (QED) is 0.839. The van der Waals surface area contributed by atoms with Gasteiger partial charge in [0.1, 0.15) is 0 Å². The van der Waals surface area contributed by atoms with Gasteiger partial charge in [0.05, 0.1) is 12.7 Å². The Bertz CT molecular complexity index is 476. The monoisotopic (exact) mass is 295 g/mol. The van der Waals surface area contributed by atoms with E-state index in [0.717, 1.165) is 18.2 Å². The van der Waals surface area contributed by atoms with Gasteiger partial charge in [-0.1, -0.05) is 31.4 Å². The Labute approximate surface area is 125 Å². The largest absolute Gasteiger partial charge is 0.465 e. The molecule has 1 aliphatic carbocycles. The van der Waals surface area contributed by atoms with Crippen molar-refractivity contribution in [2.24, 2.45) is 11.8 Å². The Morgan fingerprint density at radius 2 is 2.25 bits per heavy atom. The number of ether oxygens (including phenoxy) is 1. The molecule has 4 heteroatoms. The van der Waals surface area contributed by atoms with Crippen LogP contribution in [0, 0.1) is 11.8 Å². The number of methoxy groups -OCH3 is 1. The Morgan fingerprint density at radius 3 is 2.95 bits per heavy atom. The highest BCUT2D eigenvalue weighted by Crippen LogP contribution is 2.29. The molecule has 1 aromatic rings. The van der Waals surface area contributed by atoms with Gasteiger partial charge < -0.3 is 10.1 Å². The molecule has 1 saturated carbocycles. The molecule has 2 unspecified atom stereocenters. The number of hydrogen-bond donors (Lipinski definition) is 1. The van der Waals surface area contributed by atoms with Crippen molar-refractivity contribution in [3.63, 3.8) is 0 Å². The Morgan fingerprint density at radius 1 is 1.45 bits per heavy atom. The van der Waals surface area contributed by atoms with Crippen LogP contribution >= 0.6 is 11.6 Å². The van der Waals surface area contributed by atoms with Gasteiger partial charge in [-0.15, -0.1) is 0 Å². The Hall–Kier alpha value is -1.22. The smallest absolute Gasteiger partial charge is 0.340 e. The molecule has 1 aliphatic rings. The highest BCUT2D eigenvalue weighted by atomic mass is 35.5. The van der Waals surface area contributed by atoms with Crippen LogP contribution < -0.4 is 5.32 Å². The van der Waals surface area contributed by atoms with E-state index in [0.29, 0.717) is 16.5 Å². The molecule has 20 heavy (non-hydrogen) atoms. The van der Waals surface area contributed by atoms with E-state index in [2.05, 4.69) is 12.2 Å². The first-order chi connectivity index (χ1) is 9.60. The van der Waals surface area contributed by atoms with Gasteiger partial charge in [0, 0.05) is 17.3 Å². The zero-order chi connectivity index (χ0) is 14.5. The number of carbonyl (C=O) groups excluding carboxylic acids is 1. The van der Waals surface area contributed by atoms with E-state index in [1.165, 1.54) is 32.8 Å². The number of carbonyl (C=O) groups is 1. The van der Waals surface area contributed by atoms with Gasteiger partial charge >= 0.3 is 5.97 Å². The van der Waals surface area contributed by atoms with Gasteiger partial charge in [0.25, 0.3) is 0 Å². The van der Waals surface area contributed by atoms with Crippen LogP contribution in [0.15, 0.2) is 18.2 Å². The predicted molar refractivity (Wildman–Crippen MR) is 82.4 cm³/mol. The number of rotatable bonds is 4. The summed E-state index contributed by atoms with van der Waals surface area (Å²) in [4.78, 5) is 11.8. The second kappa shape index (κ2) is 6.98. The summed E-state index contributed by atoms with van der Waals surface area (Å²) in [7, 11) is 1.38. The summed E-state index contributed by atoms with van der Waals surface area (Å²) < 4.78 is 4.80. The summed E-state index contributed by atoms with van der Waals surface area (Å²) in [6.45, 7) is 3.21. The standard InChI is InChI=1S/C16H22ClNO2/c1-11-4-3-5-12(8-11)10-18-15-7-6-13(17)9-14(15)16(19)20-2/h6-7,9,11-12,18H,3-5,8,10H2,1-2H3. The minimum atomic E-state index is -0.355. The summed E-state index contributed by atoms with van der Waals surface area (Å²) in [6.07, 6.45) is 5.16. The first-order valence-corrected chi connectivity index (χ1v) is 7.59. The fourth-order valence-electron chi connectivity index (χ4n) is 2.95. The maximum absolute atomic E-state index is 11.8. The van der Waals surface area contributed by atoms with E-state index in [1.54, 1.807) is 12.1 Å². The summed E-state index contributed by atoms with van der Waals surface area (Å²) >= 11 is 5.95. The van der Waals surface area contributed by atoms with Crippen molar-refractivity contribution < 1.29 is 9.53 Å². The first kappa shape index (κ1) is 15.2. The van der Waals surface area contributed by atoms with Gasteiger partial charge in [-0.25, -0.2) is 4.79 Å². The van der Waals surface area contributed by atoms with Gasteiger partial charge in [0.15, 0.2) is 0 Å². The number of esters is 1. The van der Waals surface area contributed by atoms with E-state index in [1.807, 2.05) is 6.07 Å². The second-order valence-electron chi connectivity index (χ2n) is 5.70. The van der Waals surface area contributed by atoms with Crippen LogP contribution in [0.25, 0.3) is 0 Å². The fraction of sp³-hybridized carbons (Fsp3) is 0.562. The van der Waals surface area contributed by atoms with Gasteiger partial charge in [-0.05, 0) is 42.9 Å². The van der Waals surface area contributed by atoms with Crippen LogP contribution in [-0.4, -0.2) is 19.6 Å². The van der Waals surface area contributed by atoms with Crippen molar-refractivity contribution in [2.45, 2.75) is 32.6 Å². The molecule has 0 heterocycles. The normalized spacial score (nSPS) is 22.4. The molecule has 2 rings (SSSR count). The van der Waals surface area contributed by atoms with Crippen LogP contribution in [0.2, 0.25) is 5.02 Å². The molecule has 110 valence electrons. The number of nitrogens with one attached hydrogen (secondary N) is 1. The van der Waals surface area contributed by atoms with E-state index in [9.17, 15) is 4.79 Å². The minimum absolute atomic E-state index is 0.355. The van der Waals surface area contributed by atoms with Crippen LogP contribution in [-0.2, 0) is 4.74 Å². The van der Waals surface area contributed by atoms with Crippen molar-refractivity contribution in [3.8, 4) is 0 Å². The summed E-state index contributed by atoms with van der Waals surface area (Å²) in [5, 5.41) is 3.93. The summed E-state index contributed by atoms with van der Waals surface area (Å²) in [5.74, 6) is 1.13. The SMILES string of the molecule is COC(=O)c1cc(Cl)ccc1NCC1CCCC(C)C1. The molecule has 3 nitrogen and oxygen atoms in total. The van der Waals surface area contributed by atoms with E-state index < -0.39 is 0 Å². The Balaban J connectivity index is 2.03. The third-order valence-electron chi connectivity index (χ3n) is 4.01. The number of anilines is 1. The van der Waals surface area contributed by atoms with Crippen LogP contribution in [0.1, 0.15) is 43.0 Å². The lowest BCUT2D eigenvalue weighted by atomic mass is 9.82. The molecule has 1 N–H and O–H groups in total. The van der Waals surface area contributed by atoms with E-state index in [-0.39, 0.29) is 5.97 Å². The summed E-state index contributed by atoms with van der Waals surface area (Å²) in [6, 6.07) is 5.29. The molecule has 2 atom stereocenters. The molecular weight excluding hydrogens is 274 g/mol. The molecule has 1 fully saturated rings. The predicted octanol–water partition coefficient (Wildman–Crippen LogP) is 4.36. The van der Waals surface area contributed by atoms with E-state index in [4.69, 9.17) is 16.3 Å². The molecule has 0 aromatic heterocycles. The highest BCUT2D eigenvalue weighted by molar-refractivity contribution is 6.31. The highest BCUT2D eigenvalue weighted by Gasteiger charge is 2.19. The van der Waals surface area contributed by atoms with Crippen molar-refractivity contribution in [3.05, 3.63) is 28.8 Å². The van der Waals surface area contributed by atoms with Crippen molar-refractivity contribution in [1.29, 1.82) is 0 Å². The van der Waals surface area contributed by atoms with Crippen molar-refractivity contribution in [1.82, 2.24) is 0 Å².